The molecule has 26 heavy (non-hydrogen) atoms. The first-order valence-electron chi connectivity index (χ1n) is 8.50. The molecule has 0 unspecified atom stereocenters. The molecule has 1 saturated heterocycles. The molecule has 1 aromatic carbocycles. The number of piperazine rings is 1. The van der Waals surface area contributed by atoms with E-state index in [1.165, 1.54) is 21.1 Å². The predicted molar refractivity (Wildman–Crippen MR) is 95.3 cm³/mol. The molecule has 0 aromatic heterocycles. The molecular formula is C18H25N3O5. The number of carbonyl (C=O) groups is 3. The number of ether oxygens (including phenoxy) is 2. The van der Waals surface area contributed by atoms with Crippen LogP contribution < -0.4 is 14.8 Å². The maximum absolute atomic E-state index is 12.4. The summed E-state index contributed by atoms with van der Waals surface area (Å²) in [6.07, 6.45) is 0.198. The van der Waals surface area contributed by atoms with Gasteiger partial charge in [0.15, 0.2) is 0 Å². The second kappa shape index (κ2) is 9.07. The molecule has 0 atom stereocenters. The largest absolute Gasteiger partial charge is 0.496 e. The van der Waals surface area contributed by atoms with E-state index in [1.807, 2.05) is 0 Å². The monoisotopic (exact) mass is 363 g/mol. The van der Waals surface area contributed by atoms with Gasteiger partial charge in [0.05, 0.1) is 14.2 Å². The summed E-state index contributed by atoms with van der Waals surface area (Å²) in [6, 6.07) is 5.09. The van der Waals surface area contributed by atoms with E-state index in [9.17, 15) is 14.4 Å². The Morgan fingerprint density at radius 3 is 2.04 bits per heavy atom. The van der Waals surface area contributed by atoms with Crippen LogP contribution >= 0.6 is 0 Å². The number of carbonyl (C=O) groups excluding carboxylic acids is 3. The highest BCUT2D eigenvalue weighted by Crippen LogP contribution is 2.27. The number of benzene rings is 1. The van der Waals surface area contributed by atoms with Crippen LogP contribution in [0.4, 0.5) is 0 Å². The normalized spacial score (nSPS) is 14.0. The molecular weight excluding hydrogens is 338 g/mol. The number of methoxy groups -OCH3 is 2. The SMILES string of the molecule is COc1cccc(OC)c1C(=O)NCCC(=O)N1CCN(C(C)=O)CC1. The van der Waals surface area contributed by atoms with Crippen LogP contribution in [0.25, 0.3) is 0 Å². The molecule has 1 aromatic rings. The summed E-state index contributed by atoms with van der Waals surface area (Å²) < 4.78 is 10.4. The highest BCUT2D eigenvalue weighted by Gasteiger charge is 2.23. The zero-order valence-corrected chi connectivity index (χ0v) is 15.4. The van der Waals surface area contributed by atoms with Gasteiger partial charge in [-0.05, 0) is 12.1 Å². The zero-order chi connectivity index (χ0) is 19.1. The van der Waals surface area contributed by atoms with E-state index in [4.69, 9.17) is 9.47 Å². The second-order valence-corrected chi connectivity index (χ2v) is 5.93. The van der Waals surface area contributed by atoms with E-state index >= 15 is 0 Å². The van der Waals surface area contributed by atoms with E-state index < -0.39 is 0 Å². The van der Waals surface area contributed by atoms with Gasteiger partial charge in [-0.1, -0.05) is 6.07 Å². The van der Waals surface area contributed by atoms with Gasteiger partial charge in [0.2, 0.25) is 11.8 Å². The van der Waals surface area contributed by atoms with Gasteiger partial charge in [-0.3, -0.25) is 14.4 Å². The van der Waals surface area contributed by atoms with Crippen molar-refractivity contribution in [1.82, 2.24) is 15.1 Å². The molecule has 1 N–H and O–H groups in total. The molecule has 1 fully saturated rings. The molecule has 0 aliphatic carbocycles. The molecule has 3 amide bonds. The summed E-state index contributed by atoms with van der Waals surface area (Å²) in [5.41, 5.74) is 0.306. The minimum atomic E-state index is -0.353. The van der Waals surface area contributed by atoms with Crippen molar-refractivity contribution in [3.63, 3.8) is 0 Å². The van der Waals surface area contributed by atoms with E-state index in [2.05, 4.69) is 5.32 Å². The van der Waals surface area contributed by atoms with Crippen LogP contribution in [0.1, 0.15) is 23.7 Å². The smallest absolute Gasteiger partial charge is 0.258 e. The third-order valence-electron chi connectivity index (χ3n) is 4.36. The van der Waals surface area contributed by atoms with Crippen LogP contribution in [0.15, 0.2) is 18.2 Å². The second-order valence-electron chi connectivity index (χ2n) is 5.93. The van der Waals surface area contributed by atoms with Crippen molar-refractivity contribution in [2.24, 2.45) is 0 Å². The standard InChI is InChI=1S/C18H25N3O5/c1-13(22)20-9-11-21(12-10-20)16(23)7-8-19-18(24)17-14(25-2)5-4-6-15(17)26-3/h4-6H,7-12H2,1-3H3,(H,19,24). The first-order valence-corrected chi connectivity index (χ1v) is 8.50. The Balaban J connectivity index is 1.85. The first-order chi connectivity index (χ1) is 12.5. The summed E-state index contributed by atoms with van der Waals surface area (Å²) in [5, 5.41) is 2.73. The van der Waals surface area contributed by atoms with Crippen molar-refractivity contribution >= 4 is 17.7 Å². The third-order valence-corrected chi connectivity index (χ3v) is 4.36. The van der Waals surface area contributed by atoms with Gasteiger partial charge in [0, 0.05) is 46.1 Å². The van der Waals surface area contributed by atoms with Gasteiger partial charge in [0.25, 0.3) is 5.91 Å². The number of hydrogen-bond donors (Lipinski definition) is 1. The zero-order valence-electron chi connectivity index (χ0n) is 15.4. The Kier molecular flexibility index (Phi) is 6.82. The van der Waals surface area contributed by atoms with Crippen molar-refractivity contribution < 1.29 is 23.9 Å². The molecule has 1 aliphatic rings. The Labute approximate surface area is 153 Å². The molecule has 8 nitrogen and oxygen atoms in total. The molecule has 1 heterocycles. The summed E-state index contributed by atoms with van der Waals surface area (Å²) in [4.78, 5) is 39.5. The number of rotatable bonds is 6. The van der Waals surface area contributed by atoms with Crippen LogP contribution in [0.5, 0.6) is 11.5 Å². The molecule has 0 spiro atoms. The Bertz CT molecular complexity index is 647. The molecule has 8 heteroatoms. The van der Waals surface area contributed by atoms with Crippen LogP contribution in [0.2, 0.25) is 0 Å². The number of nitrogens with zero attached hydrogens (tertiary/aromatic N) is 2. The van der Waals surface area contributed by atoms with Crippen LogP contribution in [-0.2, 0) is 9.59 Å². The number of amides is 3. The third kappa shape index (κ3) is 4.65. The van der Waals surface area contributed by atoms with Crippen LogP contribution in [-0.4, -0.2) is 74.5 Å². The molecule has 0 saturated carbocycles. The van der Waals surface area contributed by atoms with Gasteiger partial charge in [-0.2, -0.15) is 0 Å². The molecule has 142 valence electrons. The Morgan fingerprint density at radius 1 is 1.00 bits per heavy atom. The van der Waals surface area contributed by atoms with Gasteiger partial charge >= 0.3 is 0 Å². The van der Waals surface area contributed by atoms with Crippen molar-refractivity contribution in [3.8, 4) is 11.5 Å². The average Bonchev–Trinajstić information content (AvgIpc) is 2.66. The minimum Gasteiger partial charge on any atom is -0.496 e. The fourth-order valence-electron chi connectivity index (χ4n) is 2.88. The van der Waals surface area contributed by atoms with Gasteiger partial charge in [-0.25, -0.2) is 0 Å². The van der Waals surface area contributed by atoms with Crippen LogP contribution in [0, 0.1) is 0 Å². The lowest BCUT2D eigenvalue weighted by Gasteiger charge is -2.34. The highest BCUT2D eigenvalue weighted by atomic mass is 16.5. The molecule has 2 rings (SSSR count). The maximum atomic E-state index is 12.4. The number of hydrogen-bond acceptors (Lipinski definition) is 5. The van der Waals surface area contributed by atoms with Gasteiger partial charge in [-0.15, -0.1) is 0 Å². The lowest BCUT2D eigenvalue weighted by atomic mass is 10.1. The molecule has 0 bridgehead atoms. The topological polar surface area (TPSA) is 88.2 Å². The quantitative estimate of drug-likeness (QED) is 0.796. The molecule has 1 aliphatic heterocycles. The lowest BCUT2D eigenvalue weighted by Crippen LogP contribution is -2.50. The first kappa shape index (κ1) is 19.6. The van der Waals surface area contributed by atoms with E-state index in [0.717, 1.165) is 0 Å². The fraction of sp³-hybridized carbons (Fsp3) is 0.500. The Morgan fingerprint density at radius 2 is 1.54 bits per heavy atom. The average molecular weight is 363 g/mol. The predicted octanol–water partition coefficient (Wildman–Crippen LogP) is 0.514. The van der Waals surface area contributed by atoms with Crippen molar-refractivity contribution in [2.45, 2.75) is 13.3 Å². The maximum Gasteiger partial charge on any atom is 0.258 e. The van der Waals surface area contributed by atoms with Gasteiger partial charge < -0.3 is 24.6 Å². The summed E-state index contributed by atoms with van der Waals surface area (Å²) in [6.45, 7) is 3.88. The fourth-order valence-corrected chi connectivity index (χ4v) is 2.88. The van der Waals surface area contributed by atoms with Crippen molar-refractivity contribution in [2.75, 3.05) is 46.9 Å². The van der Waals surface area contributed by atoms with Crippen molar-refractivity contribution in [1.29, 1.82) is 0 Å². The highest BCUT2D eigenvalue weighted by molar-refractivity contribution is 5.99. The van der Waals surface area contributed by atoms with Crippen molar-refractivity contribution in [3.05, 3.63) is 23.8 Å². The summed E-state index contributed by atoms with van der Waals surface area (Å²) in [7, 11) is 2.96. The Hall–Kier alpha value is -2.77. The number of nitrogens with one attached hydrogen (secondary N) is 1. The van der Waals surface area contributed by atoms with E-state index in [0.29, 0.717) is 43.2 Å². The summed E-state index contributed by atoms with van der Waals surface area (Å²) in [5.74, 6) is 0.450. The lowest BCUT2D eigenvalue weighted by molar-refractivity contribution is -0.138. The minimum absolute atomic E-state index is 0.0233. The van der Waals surface area contributed by atoms with Crippen LogP contribution in [0.3, 0.4) is 0 Å². The van der Waals surface area contributed by atoms with E-state index in [-0.39, 0.29) is 30.7 Å². The van der Waals surface area contributed by atoms with Gasteiger partial charge in [0.1, 0.15) is 17.1 Å². The van der Waals surface area contributed by atoms with E-state index in [1.54, 1.807) is 28.0 Å². The summed E-state index contributed by atoms with van der Waals surface area (Å²) >= 11 is 0. The molecule has 0 radical (unpaired) electrons.